The van der Waals surface area contributed by atoms with Crippen LogP contribution in [0, 0.1) is 23.6 Å². The van der Waals surface area contributed by atoms with E-state index in [0.29, 0.717) is 63.3 Å². The van der Waals surface area contributed by atoms with Gasteiger partial charge in [0.1, 0.15) is 28.6 Å². The number of halogens is 4. The van der Waals surface area contributed by atoms with Crippen molar-refractivity contribution in [2.75, 3.05) is 57.4 Å². The second-order valence-electron chi connectivity index (χ2n) is 13.3. The number of aromatic hydroxyl groups is 1. The number of anilines is 1. The highest BCUT2D eigenvalue weighted by Gasteiger charge is 2.45. The van der Waals surface area contributed by atoms with Crippen LogP contribution >= 0.6 is 0 Å². The molecule has 0 amide bonds. The van der Waals surface area contributed by atoms with Gasteiger partial charge < -0.3 is 24.8 Å². The number of piperazine rings is 1. The molecular formula is C35H34F4N6O4. The van der Waals surface area contributed by atoms with Gasteiger partial charge in [-0.25, -0.2) is 4.39 Å². The zero-order valence-corrected chi connectivity index (χ0v) is 26.3. The van der Waals surface area contributed by atoms with Crippen LogP contribution in [0.15, 0.2) is 35.1 Å². The first-order chi connectivity index (χ1) is 24.3. The number of pyridine rings is 1. The fraction of sp³-hybridized carbons (Fsp3) is 0.457. The van der Waals surface area contributed by atoms with Gasteiger partial charge in [0.2, 0.25) is 0 Å². The topological polar surface area (TPSA) is 105 Å². The Morgan fingerprint density at radius 3 is 2.55 bits per heavy atom. The third-order valence-corrected chi connectivity index (χ3v) is 9.90. The summed E-state index contributed by atoms with van der Waals surface area (Å²) < 4.78 is 89.9. The summed E-state index contributed by atoms with van der Waals surface area (Å²) in [7, 11) is 0. The molecule has 0 spiro atoms. The summed E-state index contributed by atoms with van der Waals surface area (Å²) in [5, 5.41) is 13.8. The largest absolute Gasteiger partial charge is 0.508 e. The van der Waals surface area contributed by atoms with Gasteiger partial charge in [-0.15, -0.1) is 6.42 Å². The molecule has 2 aromatic heterocycles. The second kappa shape index (κ2) is 11.9. The summed E-state index contributed by atoms with van der Waals surface area (Å²) in [6.07, 6.45) is 3.23. The SMILES string of the molecule is [2H]C([2H])(Oc1nc(N2C[C@H]3CC[C@@H](C2)N3)c2cc(C(F)(F)F)n(-c3cc(O)cc4ccc(F)c(C#C)c34)c(=O)c2n1)C1(CN2CCOCC2)CC1. The number of hydrogen-bond acceptors (Lipinski definition) is 9. The van der Waals surface area contributed by atoms with E-state index in [1.165, 1.54) is 12.1 Å². The van der Waals surface area contributed by atoms with Crippen molar-refractivity contribution in [1.29, 1.82) is 0 Å². The summed E-state index contributed by atoms with van der Waals surface area (Å²) in [6, 6.07) is 4.72. The minimum atomic E-state index is -5.13. The average Bonchev–Trinajstić information content (AvgIpc) is 3.80. The average molecular weight is 681 g/mol. The molecule has 5 heterocycles. The van der Waals surface area contributed by atoms with Crippen LogP contribution in [0.25, 0.3) is 27.4 Å². The van der Waals surface area contributed by atoms with E-state index in [-0.39, 0.29) is 34.1 Å². The Labute approximate surface area is 281 Å². The number of rotatable bonds is 7. The number of hydrogen-bond donors (Lipinski definition) is 2. The van der Waals surface area contributed by atoms with E-state index in [0.717, 1.165) is 31.0 Å². The van der Waals surface area contributed by atoms with Gasteiger partial charge in [0.05, 0.1) is 39.2 Å². The summed E-state index contributed by atoms with van der Waals surface area (Å²) in [6.45, 7) is 1.17. The zero-order valence-electron chi connectivity index (χ0n) is 28.3. The molecule has 0 unspecified atom stereocenters. The van der Waals surface area contributed by atoms with Crippen LogP contribution in [-0.4, -0.2) is 89.1 Å². The molecule has 4 aliphatic rings. The molecule has 3 saturated heterocycles. The second-order valence-corrected chi connectivity index (χ2v) is 13.3. The maximum atomic E-state index is 15.1. The third kappa shape index (κ3) is 5.83. The van der Waals surface area contributed by atoms with Gasteiger partial charge in [-0.2, -0.15) is 23.1 Å². The number of fused-ring (bicyclic) bond motifs is 4. The number of benzene rings is 2. The Bertz CT molecular complexity index is 2150. The van der Waals surface area contributed by atoms with Crippen LogP contribution in [-0.2, 0) is 10.9 Å². The van der Waals surface area contributed by atoms with Crippen LogP contribution in [0.2, 0.25) is 0 Å². The smallest absolute Gasteiger partial charge is 0.431 e. The number of phenols is 1. The molecule has 4 aromatic rings. The molecule has 1 aliphatic carbocycles. The fourth-order valence-corrected chi connectivity index (χ4v) is 7.36. The van der Waals surface area contributed by atoms with E-state index in [1.54, 1.807) is 4.90 Å². The lowest BCUT2D eigenvalue weighted by molar-refractivity contribution is -0.142. The van der Waals surface area contributed by atoms with E-state index in [1.807, 2.05) is 0 Å². The lowest BCUT2D eigenvalue weighted by Crippen LogP contribution is -2.51. The van der Waals surface area contributed by atoms with Crippen LogP contribution < -0.4 is 20.5 Å². The summed E-state index contributed by atoms with van der Waals surface area (Å²) in [5.41, 5.74) is -4.95. The number of phenolic OH excluding ortho intramolecular Hbond substituents is 1. The number of morpholine rings is 1. The number of ether oxygens (including phenoxy) is 2. The lowest BCUT2D eigenvalue weighted by Gasteiger charge is -2.34. The van der Waals surface area contributed by atoms with Crippen molar-refractivity contribution in [2.24, 2.45) is 5.41 Å². The Morgan fingerprint density at radius 2 is 1.88 bits per heavy atom. The van der Waals surface area contributed by atoms with Crippen molar-refractivity contribution in [3.8, 4) is 29.8 Å². The van der Waals surface area contributed by atoms with Gasteiger partial charge in [-0.1, -0.05) is 12.0 Å². The van der Waals surface area contributed by atoms with Gasteiger partial charge in [-0.05, 0) is 49.3 Å². The highest BCUT2D eigenvalue weighted by atomic mass is 19.4. The van der Waals surface area contributed by atoms with Crippen molar-refractivity contribution in [1.82, 2.24) is 24.8 Å². The van der Waals surface area contributed by atoms with Crippen molar-refractivity contribution < 1.29 is 34.9 Å². The fourth-order valence-electron chi connectivity index (χ4n) is 7.36. The van der Waals surface area contributed by atoms with Crippen LogP contribution in [0.3, 0.4) is 0 Å². The molecule has 8 rings (SSSR count). The van der Waals surface area contributed by atoms with E-state index < -0.39 is 63.7 Å². The predicted octanol–water partition coefficient (Wildman–Crippen LogP) is 4.21. The minimum Gasteiger partial charge on any atom is -0.508 e. The molecule has 14 heteroatoms. The monoisotopic (exact) mass is 680 g/mol. The summed E-state index contributed by atoms with van der Waals surface area (Å²) in [4.78, 5) is 27.3. The normalized spacial score (nSPS) is 23.0. The highest BCUT2D eigenvalue weighted by molar-refractivity contribution is 5.97. The number of terminal acetylenes is 1. The Balaban J connectivity index is 1.34. The van der Waals surface area contributed by atoms with Crippen LogP contribution in [0.5, 0.6) is 11.8 Å². The maximum Gasteiger partial charge on any atom is 0.431 e. The first-order valence-electron chi connectivity index (χ1n) is 17.2. The summed E-state index contributed by atoms with van der Waals surface area (Å²) >= 11 is 0. The van der Waals surface area contributed by atoms with Gasteiger partial charge in [0.25, 0.3) is 5.56 Å². The highest BCUT2D eigenvalue weighted by Crippen LogP contribution is 2.47. The van der Waals surface area contributed by atoms with Gasteiger partial charge in [0.15, 0.2) is 0 Å². The maximum absolute atomic E-state index is 15.1. The molecule has 0 radical (unpaired) electrons. The Hall–Kier alpha value is -4.45. The number of aromatic nitrogens is 3. The standard InChI is InChI=1S/C35H34F4N6O4/c1-2-24-26(36)6-3-20-13-23(46)14-27(29(20)24)45-28(35(37,38)39)15-25-30(32(45)47)41-33(42-31(25)44-16-21-4-5-22(17-44)40-21)49-19-34(7-8-34)18-43-9-11-48-12-10-43/h1,3,6,13-15,21-22,40,46H,4-5,7-12,16-19H2/t21-,22+/i19D2. The lowest BCUT2D eigenvalue weighted by atomic mass is 10.0. The van der Waals surface area contributed by atoms with E-state index in [4.69, 9.17) is 18.6 Å². The van der Waals surface area contributed by atoms with E-state index in [2.05, 4.69) is 26.1 Å². The first-order valence-corrected chi connectivity index (χ1v) is 16.2. The molecule has 49 heavy (non-hydrogen) atoms. The summed E-state index contributed by atoms with van der Waals surface area (Å²) in [5.74, 6) is 0.788. The van der Waals surface area contributed by atoms with Crippen LogP contribution in [0.4, 0.5) is 23.4 Å². The minimum absolute atomic E-state index is 0.00750. The molecule has 2 aromatic carbocycles. The van der Waals surface area contributed by atoms with E-state index in [9.17, 15) is 14.3 Å². The van der Waals surface area contributed by atoms with E-state index >= 15 is 13.2 Å². The zero-order chi connectivity index (χ0) is 35.9. The van der Waals surface area contributed by atoms with Gasteiger partial charge in [-0.3, -0.25) is 14.3 Å². The molecular weight excluding hydrogens is 644 g/mol. The molecule has 10 nitrogen and oxygen atoms in total. The molecule has 2 bridgehead atoms. The van der Waals surface area contributed by atoms with Crippen molar-refractivity contribution in [3.05, 3.63) is 57.8 Å². The van der Waals surface area contributed by atoms with Crippen molar-refractivity contribution in [2.45, 2.75) is 43.9 Å². The number of alkyl halides is 3. The molecule has 2 N–H and O–H groups in total. The van der Waals surface area contributed by atoms with Crippen LogP contribution in [0.1, 0.15) is 39.7 Å². The molecule has 2 atom stereocenters. The van der Waals surface area contributed by atoms with Crippen molar-refractivity contribution in [3.63, 3.8) is 0 Å². The number of nitrogens with one attached hydrogen (secondary N) is 1. The molecule has 256 valence electrons. The molecule has 4 fully saturated rings. The van der Waals surface area contributed by atoms with Gasteiger partial charge in [0, 0.05) is 61.7 Å². The quantitative estimate of drug-likeness (QED) is 0.220. The predicted molar refractivity (Wildman–Crippen MR) is 174 cm³/mol. The Kier molecular flexibility index (Phi) is 7.13. The Morgan fingerprint density at radius 1 is 1.14 bits per heavy atom. The van der Waals surface area contributed by atoms with Crippen molar-refractivity contribution >= 4 is 27.5 Å². The number of nitrogens with zero attached hydrogens (tertiary/aromatic N) is 5. The molecule has 1 saturated carbocycles. The van der Waals surface area contributed by atoms with Gasteiger partial charge >= 0.3 is 12.2 Å². The first kappa shape index (κ1) is 29.5. The molecule has 3 aliphatic heterocycles. The third-order valence-electron chi connectivity index (χ3n) is 9.90.